The van der Waals surface area contributed by atoms with Crippen molar-refractivity contribution in [2.75, 3.05) is 13.2 Å². The Balaban J connectivity index is 1.59. The largest absolute Gasteiger partial charge is 0.494 e. The Kier molecular flexibility index (Phi) is 6.38. The van der Waals surface area contributed by atoms with Gasteiger partial charge in [-0.1, -0.05) is 37.0 Å². The summed E-state index contributed by atoms with van der Waals surface area (Å²) in [4.78, 5) is 4.37. The molecule has 4 heteroatoms. The third kappa shape index (κ3) is 6.06. The van der Waals surface area contributed by atoms with Gasteiger partial charge in [0.1, 0.15) is 5.75 Å². The molecule has 0 spiro atoms. The zero-order chi connectivity index (χ0) is 14.9. The average Bonchev–Trinajstić information content (AvgIpc) is 2.50. The van der Waals surface area contributed by atoms with Crippen LogP contribution in [-0.4, -0.2) is 25.2 Å². The quantitative estimate of drug-likeness (QED) is 0.481. The van der Waals surface area contributed by atoms with Crippen molar-refractivity contribution in [3.8, 4) is 5.75 Å². The molecule has 116 valence electrons. The lowest BCUT2D eigenvalue weighted by molar-refractivity contribution is 0.313. The Morgan fingerprint density at radius 1 is 1.24 bits per heavy atom. The molecular formula is C17H27N3O. The summed E-state index contributed by atoms with van der Waals surface area (Å²) < 4.78 is 5.66. The molecule has 0 bridgehead atoms. The van der Waals surface area contributed by atoms with Crippen LogP contribution in [0, 0.1) is 6.92 Å². The van der Waals surface area contributed by atoms with E-state index < -0.39 is 0 Å². The Morgan fingerprint density at radius 3 is 2.67 bits per heavy atom. The number of rotatable bonds is 6. The van der Waals surface area contributed by atoms with E-state index in [2.05, 4.69) is 29.4 Å². The van der Waals surface area contributed by atoms with Crippen LogP contribution in [0.5, 0.6) is 5.75 Å². The summed E-state index contributed by atoms with van der Waals surface area (Å²) >= 11 is 0. The first kappa shape index (κ1) is 15.7. The molecule has 1 aromatic carbocycles. The minimum atomic E-state index is 0.520. The van der Waals surface area contributed by atoms with Gasteiger partial charge in [-0.3, -0.25) is 4.99 Å². The fourth-order valence-electron chi connectivity index (χ4n) is 2.59. The molecule has 0 aromatic heterocycles. The Hall–Kier alpha value is -1.71. The van der Waals surface area contributed by atoms with E-state index in [0.29, 0.717) is 25.2 Å². The molecule has 1 aromatic rings. The summed E-state index contributed by atoms with van der Waals surface area (Å²) in [5.74, 6) is 1.50. The molecule has 0 amide bonds. The second-order valence-corrected chi connectivity index (χ2v) is 5.76. The van der Waals surface area contributed by atoms with Gasteiger partial charge < -0.3 is 15.8 Å². The Bertz CT molecular complexity index is 436. The number of ether oxygens (including phenoxy) is 1. The van der Waals surface area contributed by atoms with Crippen LogP contribution in [0.4, 0.5) is 0 Å². The molecule has 0 heterocycles. The molecule has 21 heavy (non-hydrogen) atoms. The number of aryl methyl sites for hydroxylation is 1. The summed E-state index contributed by atoms with van der Waals surface area (Å²) in [5.41, 5.74) is 7.16. The second-order valence-electron chi connectivity index (χ2n) is 5.76. The van der Waals surface area contributed by atoms with E-state index in [-0.39, 0.29) is 0 Å². The van der Waals surface area contributed by atoms with E-state index in [1.54, 1.807) is 0 Å². The van der Waals surface area contributed by atoms with Crippen molar-refractivity contribution in [2.24, 2.45) is 10.7 Å². The van der Waals surface area contributed by atoms with Gasteiger partial charge in [0, 0.05) is 19.0 Å². The van der Waals surface area contributed by atoms with Gasteiger partial charge in [-0.25, -0.2) is 0 Å². The maximum atomic E-state index is 5.91. The van der Waals surface area contributed by atoms with Crippen molar-refractivity contribution in [3.05, 3.63) is 29.8 Å². The molecule has 1 fully saturated rings. The van der Waals surface area contributed by atoms with Gasteiger partial charge in [-0.05, 0) is 31.9 Å². The molecule has 0 aliphatic heterocycles. The number of nitrogens with two attached hydrogens (primary N) is 1. The summed E-state index contributed by atoms with van der Waals surface area (Å²) in [6.45, 7) is 3.45. The highest BCUT2D eigenvalue weighted by Gasteiger charge is 2.12. The molecule has 3 N–H and O–H groups in total. The highest BCUT2D eigenvalue weighted by atomic mass is 16.5. The molecule has 2 rings (SSSR count). The van der Waals surface area contributed by atoms with Crippen LogP contribution in [0.3, 0.4) is 0 Å². The van der Waals surface area contributed by atoms with E-state index >= 15 is 0 Å². The number of hydrogen-bond acceptors (Lipinski definition) is 2. The van der Waals surface area contributed by atoms with Gasteiger partial charge >= 0.3 is 0 Å². The van der Waals surface area contributed by atoms with E-state index in [4.69, 9.17) is 10.5 Å². The maximum Gasteiger partial charge on any atom is 0.188 e. The minimum Gasteiger partial charge on any atom is -0.494 e. The van der Waals surface area contributed by atoms with Crippen molar-refractivity contribution in [2.45, 2.75) is 51.5 Å². The lowest BCUT2D eigenvalue weighted by Crippen LogP contribution is -2.41. The van der Waals surface area contributed by atoms with Crippen LogP contribution >= 0.6 is 0 Å². The monoisotopic (exact) mass is 289 g/mol. The summed E-state index contributed by atoms with van der Waals surface area (Å²) in [6.07, 6.45) is 7.26. The molecule has 1 aliphatic rings. The number of hydrogen-bond donors (Lipinski definition) is 2. The van der Waals surface area contributed by atoms with Gasteiger partial charge in [0.25, 0.3) is 0 Å². The highest BCUT2D eigenvalue weighted by Crippen LogP contribution is 2.17. The van der Waals surface area contributed by atoms with E-state index in [9.17, 15) is 0 Å². The first-order valence-corrected chi connectivity index (χ1v) is 8.00. The zero-order valence-corrected chi connectivity index (χ0v) is 13.0. The summed E-state index contributed by atoms with van der Waals surface area (Å²) in [5, 5.41) is 3.32. The van der Waals surface area contributed by atoms with Crippen LogP contribution < -0.4 is 15.8 Å². The smallest absolute Gasteiger partial charge is 0.188 e. The molecule has 0 radical (unpaired) electrons. The van der Waals surface area contributed by atoms with Crippen molar-refractivity contribution < 1.29 is 4.74 Å². The number of guanidine groups is 1. The first-order valence-electron chi connectivity index (χ1n) is 8.00. The van der Waals surface area contributed by atoms with Gasteiger partial charge in [0.05, 0.1) is 6.61 Å². The first-order chi connectivity index (χ1) is 10.2. The predicted octanol–water partition coefficient (Wildman–Crippen LogP) is 3.00. The average molecular weight is 289 g/mol. The van der Waals surface area contributed by atoms with Crippen molar-refractivity contribution >= 4 is 5.96 Å². The van der Waals surface area contributed by atoms with Crippen molar-refractivity contribution in [3.63, 3.8) is 0 Å². The number of nitrogens with one attached hydrogen (secondary N) is 1. The molecule has 0 unspecified atom stereocenters. The highest BCUT2D eigenvalue weighted by molar-refractivity contribution is 5.78. The topological polar surface area (TPSA) is 59.6 Å². The number of nitrogens with zero attached hydrogens (tertiary/aromatic N) is 1. The Morgan fingerprint density at radius 2 is 1.95 bits per heavy atom. The lowest BCUT2D eigenvalue weighted by Gasteiger charge is -2.23. The maximum absolute atomic E-state index is 5.91. The standard InChI is InChI=1S/C17H27N3O/c1-14-8-10-16(11-9-14)21-13-5-12-19-17(18)20-15-6-3-2-4-7-15/h8-11,15H,2-7,12-13H2,1H3,(H3,18,19,20). The normalized spacial score (nSPS) is 16.7. The fourth-order valence-corrected chi connectivity index (χ4v) is 2.59. The second kappa shape index (κ2) is 8.55. The third-order valence-corrected chi connectivity index (χ3v) is 3.83. The molecule has 1 aliphatic carbocycles. The molecule has 0 saturated heterocycles. The minimum absolute atomic E-state index is 0.520. The number of aliphatic imine (C=N–C) groups is 1. The van der Waals surface area contributed by atoms with Crippen LogP contribution in [0.25, 0.3) is 0 Å². The van der Waals surface area contributed by atoms with Gasteiger partial charge in [-0.15, -0.1) is 0 Å². The number of benzene rings is 1. The van der Waals surface area contributed by atoms with Gasteiger partial charge in [-0.2, -0.15) is 0 Å². The van der Waals surface area contributed by atoms with Crippen LogP contribution in [-0.2, 0) is 0 Å². The molecule has 4 nitrogen and oxygen atoms in total. The summed E-state index contributed by atoms with van der Waals surface area (Å²) in [7, 11) is 0. The summed E-state index contributed by atoms with van der Waals surface area (Å²) in [6, 6.07) is 8.63. The van der Waals surface area contributed by atoms with Gasteiger partial charge in [0.2, 0.25) is 0 Å². The predicted molar refractivity (Wildman–Crippen MR) is 87.8 cm³/mol. The zero-order valence-electron chi connectivity index (χ0n) is 13.0. The van der Waals surface area contributed by atoms with E-state index in [1.165, 1.54) is 37.7 Å². The fraction of sp³-hybridized carbons (Fsp3) is 0.588. The van der Waals surface area contributed by atoms with E-state index in [1.807, 2.05) is 12.1 Å². The SMILES string of the molecule is Cc1ccc(OCCCN=C(N)NC2CCCCC2)cc1. The Labute approximate surface area is 127 Å². The van der Waals surface area contributed by atoms with Crippen LogP contribution in [0.2, 0.25) is 0 Å². The van der Waals surface area contributed by atoms with Crippen LogP contribution in [0.1, 0.15) is 44.1 Å². The molecule has 0 atom stereocenters. The third-order valence-electron chi connectivity index (χ3n) is 3.83. The van der Waals surface area contributed by atoms with Crippen LogP contribution in [0.15, 0.2) is 29.3 Å². The van der Waals surface area contributed by atoms with Gasteiger partial charge in [0.15, 0.2) is 5.96 Å². The van der Waals surface area contributed by atoms with Crippen molar-refractivity contribution in [1.82, 2.24) is 5.32 Å². The molecular weight excluding hydrogens is 262 g/mol. The van der Waals surface area contributed by atoms with Crippen molar-refractivity contribution in [1.29, 1.82) is 0 Å². The van der Waals surface area contributed by atoms with E-state index in [0.717, 1.165) is 12.2 Å². The molecule has 1 saturated carbocycles. The lowest BCUT2D eigenvalue weighted by atomic mass is 9.96.